The molecule has 2 aromatic carbocycles. The average Bonchev–Trinajstić information content (AvgIpc) is 3.02. The molecule has 1 atom stereocenters. The number of carbonyl (C=O) groups excluding carboxylic acids is 2. The lowest BCUT2D eigenvalue weighted by Gasteiger charge is -2.22. The second-order valence-electron chi connectivity index (χ2n) is 7.82. The van der Waals surface area contributed by atoms with Crippen molar-refractivity contribution in [3.63, 3.8) is 0 Å². The minimum atomic E-state index is -0.348. The summed E-state index contributed by atoms with van der Waals surface area (Å²) in [6.45, 7) is 7.19. The third-order valence-corrected chi connectivity index (χ3v) is 4.97. The molecule has 0 bridgehead atoms. The molecule has 1 amide bonds. The smallest absolute Gasteiger partial charge is 0.337 e. The van der Waals surface area contributed by atoms with Crippen molar-refractivity contribution in [2.45, 2.75) is 38.5 Å². The number of ether oxygens (including phenoxy) is 1. The van der Waals surface area contributed by atoms with Gasteiger partial charge in [0.05, 0.1) is 12.7 Å². The van der Waals surface area contributed by atoms with E-state index in [-0.39, 0.29) is 23.2 Å². The van der Waals surface area contributed by atoms with Crippen molar-refractivity contribution in [2.75, 3.05) is 18.6 Å². The Balaban J connectivity index is 1.75. The highest BCUT2D eigenvalue weighted by Crippen LogP contribution is 2.33. The van der Waals surface area contributed by atoms with Gasteiger partial charge < -0.3 is 9.64 Å². The van der Waals surface area contributed by atoms with Crippen LogP contribution in [0.2, 0.25) is 0 Å². The van der Waals surface area contributed by atoms with Gasteiger partial charge in [-0.1, -0.05) is 45.0 Å². The maximum atomic E-state index is 12.5. The Morgan fingerprint density at radius 3 is 2.19 bits per heavy atom. The van der Waals surface area contributed by atoms with E-state index in [1.807, 2.05) is 29.2 Å². The first-order valence-electron chi connectivity index (χ1n) is 8.89. The van der Waals surface area contributed by atoms with Crippen molar-refractivity contribution in [3.8, 4) is 0 Å². The van der Waals surface area contributed by atoms with Crippen LogP contribution in [0.1, 0.15) is 54.6 Å². The fourth-order valence-electron chi connectivity index (χ4n) is 3.33. The third-order valence-electron chi connectivity index (χ3n) is 4.97. The van der Waals surface area contributed by atoms with Crippen LogP contribution in [0.25, 0.3) is 0 Å². The number of hydrogen-bond donors (Lipinski definition) is 0. The van der Waals surface area contributed by atoms with Crippen LogP contribution in [-0.2, 0) is 14.9 Å². The number of anilines is 1. The molecule has 26 heavy (non-hydrogen) atoms. The van der Waals surface area contributed by atoms with Crippen LogP contribution in [0.5, 0.6) is 0 Å². The molecule has 2 aromatic rings. The molecule has 136 valence electrons. The predicted octanol–water partition coefficient (Wildman–Crippen LogP) is 4.29. The molecule has 0 saturated carbocycles. The Morgan fingerprint density at radius 1 is 1.04 bits per heavy atom. The first-order valence-corrected chi connectivity index (χ1v) is 8.89. The summed E-state index contributed by atoms with van der Waals surface area (Å²) in [6, 6.07) is 15.6. The first kappa shape index (κ1) is 18.2. The highest BCUT2D eigenvalue weighted by atomic mass is 16.5. The van der Waals surface area contributed by atoms with Gasteiger partial charge in [-0.15, -0.1) is 0 Å². The number of carbonyl (C=O) groups is 2. The van der Waals surface area contributed by atoms with Crippen molar-refractivity contribution >= 4 is 17.6 Å². The zero-order valence-electron chi connectivity index (χ0n) is 15.8. The van der Waals surface area contributed by atoms with Crippen LogP contribution in [-0.4, -0.2) is 25.5 Å². The first-order chi connectivity index (χ1) is 12.3. The summed E-state index contributed by atoms with van der Waals surface area (Å²) in [7, 11) is 1.37. The normalized spacial score (nSPS) is 17.5. The zero-order valence-corrected chi connectivity index (χ0v) is 15.8. The Hall–Kier alpha value is -2.62. The van der Waals surface area contributed by atoms with Gasteiger partial charge >= 0.3 is 5.97 Å². The lowest BCUT2D eigenvalue weighted by molar-refractivity contribution is -0.117. The third kappa shape index (κ3) is 3.64. The van der Waals surface area contributed by atoms with Crippen LogP contribution in [0, 0.1) is 0 Å². The van der Waals surface area contributed by atoms with Gasteiger partial charge in [0.25, 0.3) is 0 Å². The molecule has 1 unspecified atom stereocenters. The van der Waals surface area contributed by atoms with Gasteiger partial charge in [-0.25, -0.2) is 4.79 Å². The van der Waals surface area contributed by atoms with E-state index in [1.54, 1.807) is 12.1 Å². The molecule has 1 aliphatic rings. The molecular formula is C22H25NO3. The Morgan fingerprint density at radius 2 is 1.65 bits per heavy atom. The fourth-order valence-corrected chi connectivity index (χ4v) is 3.33. The summed E-state index contributed by atoms with van der Waals surface area (Å²) in [5.74, 6) is -0.0772. The molecule has 1 heterocycles. The van der Waals surface area contributed by atoms with E-state index in [1.165, 1.54) is 12.7 Å². The van der Waals surface area contributed by atoms with Gasteiger partial charge in [-0.2, -0.15) is 0 Å². The molecule has 1 saturated heterocycles. The molecule has 0 aliphatic carbocycles. The summed E-state index contributed by atoms with van der Waals surface area (Å²) < 4.78 is 4.73. The summed E-state index contributed by atoms with van der Waals surface area (Å²) in [5, 5.41) is 0. The van der Waals surface area contributed by atoms with Crippen molar-refractivity contribution < 1.29 is 14.3 Å². The number of amides is 1. The van der Waals surface area contributed by atoms with Gasteiger partial charge in [-0.05, 0) is 40.8 Å². The molecule has 1 aliphatic heterocycles. The minimum absolute atomic E-state index is 0.0947. The monoisotopic (exact) mass is 351 g/mol. The SMILES string of the molecule is COC(=O)c1ccc(C2CC(=O)N(c3ccc(C(C)(C)C)cc3)C2)cc1. The summed E-state index contributed by atoms with van der Waals surface area (Å²) in [4.78, 5) is 25.9. The Labute approximate surface area is 154 Å². The number of esters is 1. The average molecular weight is 351 g/mol. The largest absolute Gasteiger partial charge is 0.465 e. The molecule has 1 fully saturated rings. The number of methoxy groups -OCH3 is 1. The van der Waals surface area contributed by atoms with Crippen molar-refractivity contribution in [1.29, 1.82) is 0 Å². The standard InChI is InChI=1S/C22H25NO3/c1-22(2,3)18-9-11-19(12-10-18)23-14-17(13-20(23)24)15-5-7-16(8-6-15)21(25)26-4/h5-12,17H,13-14H2,1-4H3. The number of hydrogen-bond acceptors (Lipinski definition) is 3. The molecule has 0 N–H and O–H groups in total. The molecule has 4 nitrogen and oxygen atoms in total. The topological polar surface area (TPSA) is 46.6 Å². The molecule has 3 rings (SSSR count). The van der Waals surface area contributed by atoms with Crippen LogP contribution in [0.3, 0.4) is 0 Å². The predicted molar refractivity (Wildman–Crippen MR) is 103 cm³/mol. The second kappa shape index (κ2) is 6.94. The van der Waals surface area contributed by atoms with Crippen molar-refractivity contribution in [3.05, 3.63) is 65.2 Å². The van der Waals surface area contributed by atoms with Gasteiger partial charge in [0.1, 0.15) is 0 Å². The molecular weight excluding hydrogens is 326 g/mol. The van der Waals surface area contributed by atoms with Gasteiger partial charge in [0.2, 0.25) is 5.91 Å². The van der Waals surface area contributed by atoms with Gasteiger partial charge in [0.15, 0.2) is 0 Å². The van der Waals surface area contributed by atoms with Crippen LogP contribution >= 0.6 is 0 Å². The van der Waals surface area contributed by atoms with Crippen LogP contribution < -0.4 is 4.90 Å². The van der Waals surface area contributed by atoms with Gasteiger partial charge in [0, 0.05) is 24.6 Å². The molecule has 4 heteroatoms. The maximum absolute atomic E-state index is 12.5. The van der Waals surface area contributed by atoms with E-state index in [9.17, 15) is 9.59 Å². The maximum Gasteiger partial charge on any atom is 0.337 e. The molecule has 0 spiro atoms. The van der Waals surface area contributed by atoms with E-state index in [0.717, 1.165) is 11.3 Å². The van der Waals surface area contributed by atoms with E-state index >= 15 is 0 Å². The quantitative estimate of drug-likeness (QED) is 0.775. The highest BCUT2D eigenvalue weighted by Gasteiger charge is 2.31. The van der Waals surface area contributed by atoms with Crippen molar-refractivity contribution in [1.82, 2.24) is 0 Å². The van der Waals surface area contributed by atoms with E-state index in [4.69, 9.17) is 4.74 Å². The van der Waals surface area contributed by atoms with E-state index in [2.05, 4.69) is 32.9 Å². The lowest BCUT2D eigenvalue weighted by Crippen LogP contribution is -2.24. The number of rotatable bonds is 3. The van der Waals surface area contributed by atoms with Crippen LogP contribution in [0.4, 0.5) is 5.69 Å². The van der Waals surface area contributed by atoms with E-state index in [0.29, 0.717) is 18.5 Å². The summed E-state index contributed by atoms with van der Waals surface area (Å²) >= 11 is 0. The number of nitrogens with zero attached hydrogens (tertiary/aromatic N) is 1. The number of benzene rings is 2. The molecule has 0 radical (unpaired) electrons. The van der Waals surface area contributed by atoms with Gasteiger partial charge in [-0.3, -0.25) is 4.79 Å². The van der Waals surface area contributed by atoms with Crippen LogP contribution in [0.15, 0.2) is 48.5 Å². The minimum Gasteiger partial charge on any atom is -0.465 e. The Bertz CT molecular complexity index is 801. The second-order valence-corrected chi connectivity index (χ2v) is 7.82. The Kier molecular flexibility index (Phi) is 4.86. The zero-order chi connectivity index (χ0) is 18.9. The fraction of sp³-hybridized carbons (Fsp3) is 0.364. The summed E-state index contributed by atoms with van der Waals surface area (Å²) in [5.41, 5.74) is 3.88. The van der Waals surface area contributed by atoms with Crippen molar-refractivity contribution in [2.24, 2.45) is 0 Å². The summed E-state index contributed by atoms with van der Waals surface area (Å²) in [6.07, 6.45) is 0.485. The lowest BCUT2D eigenvalue weighted by atomic mass is 9.87. The molecule has 0 aromatic heterocycles. The highest BCUT2D eigenvalue weighted by molar-refractivity contribution is 5.96. The van der Waals surface area contributed by atoms with E-state index < -0.39 is 0 Å².